The Morgan fingerprint density at radius 2 is 1.52 bits per heavy atom. The van der Waals surface area contributed by atoms with Crippen LogP contribution in [-0.4, -0.2) is 9.97 Å². The molecular weight excluding hydrogens is 355 g/mol. The van der Waals surface area contributed by atoms with Crippen LogP contribution in [-0.2, 0) is 0 Å². The Hall–Kier alpha value is -2.62. The summed E-state index contributed by atoms with van der Waals surface area (Å²) in [4.78, 5) is 19.9. The van der Waals surface area contributed by atoms with Crippen LogP contribution in [0, 0.1) is 0 Å². The molecule has 0 unspecified atom stereocenters. The molecule has 0 amide bonds. The predicted molar refractivity (Wildman–Crippen MR) is 103 cm³/mol. The highest BCUT2D eigenvalue weighted by molar-refractivity contribution is 6.42. The number of halogens is 2. The van der Waals surface area contributed by atoms with Crippen molar-refractivity contribution < 1.29 is 0 Å². The average Bonchev–Trinajstić information content (AvgIpc) is 2.64. The Bertz CT molecular complexity index is 1150. The minimum atomic E-state index is -0.162. The van der Waals surface area contributed by atoms with Crippen molar-refractivity contribution in [2.75, 3.05) is 0 Å². The molecule has 1 aromatic heterocycles. The van der Waals surface area contributed by atoms with E-state index >= 15 is 0 Å². The van der Waals surface area contributed by atoms with E-state index < -0.39 is 0 Å². The van der Waals surface area contributed by atoms with Crippen LogP contribution < -0.4 is 5.56 Å². The van der Waals surface area contributed by atoms with E-state index in [9.17, 15) is 4.79 Å². The Labute approximate surface area is 153 Å². The molecule has 0 bridgehead atoms. The summed E-state index contributed by atoms with van der Waals surface area (Å²) in [5, 5.41) is 1.55. The number of aromatic amines is 1. The molecule has 1 N–H and O–H groups in total. The van der Waals surface area contributed by atoms with Gasteiger partial charge in [0.1, 0.15) is 5.82 Å². The predicted octanol–water partition coefficient (Wildman–Crippen LogP) is 5.56. The van der Waals surface area contributed by atoms with E-state index in [0.29, 0.717) is 26.8 Å². The number of hydrogen-bond donors (Lipinski definition) is 1. The Balaban J connectivity index is 1.95. The third-order valence-corrected chi connectivity index (χ3v) is 4.76. The summed E-state index contributed by atoms with van der Waals surface area (Å²) >= 11 is 12.2. The molecule has 4 aromatic rings. The molecule has 0 saturated heterocycles. The molecule has 0 aliphatic rings. The molecule has 0 spiro atoms. The molecule has 0 saturated carbocycles. The average molecular weight is 367 g/mol. The number of nitrogens with one attached hydrogen (secondary N) is 1. The molecule has 25 heavy (non-hydrogen) atoms. The van der Waals surface area contributed by atoms with Gasteiger partial charge in [-0.1, -0.05) is 65.7 Å². The maximum Gasteiger partial charge on any atom is 0.259 e. The number of para-hydroxylation sites is 1. The van der Waals surface area contributed by atoms with Crippen LogP contribution in [0.15, 0.2) is 71.5 Å². The zero-order valence-electron chi connectivity index (χ0n) is 13.0. The van der Waals surface area contributed by atoms with Crippen molar-refractivity contribution in [3.05, 3.63) is 87.1 Å². The number of rotatable bonds is 2. The molecule has 0 atom stereocenters. The molecule has 0 fully saturated rings. The summed E-state index contributed by atoms with van der Waals surface area (Å²) in [7, 11) is 0. The third kappa shape index (κ3) is 2.93. The largest absolute Gasteiger partial charge is 0.306 e. The van der Waals surface area contributed by atoms with E-state index in [1.165, 1.54) is 0 Å². The summed E-state index contributed by atoms with van der Waals surface area (Å²) in [6.45, 7) is 0. The van der Waals surface area contributed by atoms with Crippen molar-refractivity contribution in [2.45, 2.75) is 0 Å². The van der Waals surface area contributed by atoms with E-state index in [2.05, 4.69) is 9.97 Å². The van der Waals surface area contributed by atoms with Crippen LogP contribution in [0.5, 0.6) is 0 Å². The van der Waals surface area contributed by atoms with Crippen LogP contribution in [0.4, 0.5) is 0 Å². The number of benzene rings is 3. The van der Waals surface area contributed by atoms with Crippen molar-refractivity contribution in [1.29, 1.82) is 0 Å². The number of nitrogens with zero attached hydrogens (tertiary/aromatic N) is 1. The first-order chi connectivity index (χ1) is 12.1. The lowest BCUT2D eigenvalue weighted by Crippen LogP contribution is -2.09. The topological polar surface area (TPSA) is 45.8 Å². The van der Waals surface area contributed by atoms with Gasteiger partial charge in [-0.05, 0) is 35.4 Å². The van der Waals surface area contributed by atoms with Gasteiger partial charge in [-0.15, -0.1) is 0 Å². The Morgan fingerprint density at radius 1 is 0.800 bits per heavy atom. The molecule has 122 valence electrons. The first kappa shape index (κ1) is 15.9. The molecule has 0 aliphatic heterocycles. The molecule has 0 radical (unpaired) electrons. The summed E-state index contributed by atoms with van der Waals surface area (Å²) in [6.07, 6.45) is 0. The lowest BCUT2D eigenvalue weighted by Gasteiger charge is -2.10. The molecule has 4 rings (SSSR count). The van der Waals surface area contributed by atoms with Gasteiger partial charge in [0.25, 0.3) is 5.56 Å². The summed E-state index contributed by atoms with van der Waals surface area (Å²) in [5.74, 6) is 0.519. The zero-order chi connectivity index (χ0) is 17.4. The minimum Gasteiger partial charge on any atom is -0.306 e. The van der Waals surface area contributed by atoms with Gasteiger partial charge in [0.15, 0.2) is 0 Å². The van der Waals surface area contributed by atoms with Crippen LogP contribution in [0.2, 0.25) is 10.0 Å². The fourth-order valence-electron chi connectivity index (χ4n) is 2.82. The second kappa shape index (κ2) is 6.36. The molecule has 5 heteroatoms. The Kier molecular flexibility index (Phi) is 4.04. The molecular formula is C20H12Cl2N2O. The van der Waals surface area contributed by atoms with Gasteiger partial charge in [0.2, 0.25) is 0 Å². The highest BCUT2D eigenvalue weighted by Gasteiger charge is 2.12. The monoisotopic (exact) mass is 366 g/mol. The van der Waals surface area contributed by atoms with Gasteiger partial charge in [-0.2, -0.15) is 0 Å². The smallest absolute Gasteiger partial charge is 0.259 e. The number of aromatic nitrogens is 2. The zero-order valence-corrected chi connectivity index (χ0v) is 14.5. The normalized spacial score (nSPS) is 11.0. The number of hydrogen-bond acceptors (Lipinski definition) is 2. The van der Waals surface area contributed by atoms with Crippen molar-refractivity contribution in [3.63, 3.8) is 0 Å². The van der Waals surface area contributed by atoms with Gasteiger partial charge >= 0.3 is 0 Å². The third-order valence-electron chi connectivity index (χ3n) is 4.03. The highest BCUT2D eigenvalue weighted by Crippen LogP contribution is 2.33. The summed E-state index contributed by atoms with van der Waals surface area (Å²) in [5.41, 5.74) is 3.14. The van der Waals surface area contributed by atoms with Crippen molar-refractivity contribution in [2.24, 2.45) is 0 Å². The quantitative estimate of drug-likeness (QED) is 0.504. The minimum absolute atomic E-state index is 0.162. The van der Waals surface area contributed by atoms with Gasteiger partial charge in [0.05, 0.1) is 20.9 Å². The molecule has 1 heterocycles. The molecule has 0 aliphatic carbocycles. The van der Waals surface area contributed by atoms with Gasteiger partial charge in [0, 0.05) is 5.56 Å². The fourth-order valence-corrected chi connectivity index (χ4v) is 3.12. The summed E-state index contributed by atoms with van der Waals surface area (Å²) < 4.78 is 0. The van der Waals surface area contributed by atoms with Gasteiger partial charge in [-0.25, -0.2) is 4.98 Å². The van der Waals surface area contributed by atoms with Crippen molar-refractivity contribution in [1.82, 2.24) is 9.97 Å². The second-order valence-electron chi connectivity index (χ2n) is 5.61. The molecule has 3 aromatic carbocycles. The fraction of sp³-hybridized carbons (Fsp3) is 0. The van der Waals surface area contributed by atoms with E-state index in [4.69, 9.17) is 23.2 Å². The van der Waals surface area contributed by atoms with Crippen LogP contribution in [0.1, 0.15) is 0 Å². The van der Waals surface area contributed by atoms with E-state index in [1.54, 1.807) is 12.1 Å². The maximum atomic E-state index is 12.4. The highest BCUT2D eigenvalue weighted by atomic mass is 35.5. The van der Waals surface area contributed by atoms with Gasteiger partial charge < -0.3 is 4.98 Å². The number of H-pyrrole nitrogens is 1. The Morgan fingerprint density at radius 3 is 2.32 bits per heavy atom. The van der Waals surface area contributed by atoms with E-state index in [0.717, 1.165) is 16.7 Å². The summed E-state index contributed by atoms with van der Waals surface area (Å²) in [6, 6.07) is 20.5. The van der Waals surface area contributed by atoms with Crippen LogP contribution in [0.25, 0.3) is 33.4 Å². The first-order valence-corrected chi connectivity index (χ1v) is 8.43. The van der Waals surface area contributed by atoms with Crippen molar-refractivity contribution >= 4 is 34.1 Å². The van der Waals surface area contributed by atoms with Crippen LogP contribution in [0.3, 0.4) is 0 Å². The van der Waals surface area contributed by atoms with E-state index in [1.807, 2.05) is 54.6 Å². The van der Waals surface area contributed by atoms with Crippen molar-refractivity contribution in [3.8, 4) is 22.5 Å². The SMILES string of the molecule is O=c1[nH]c(-c2ccccc2-c2ccc(Cl)c(Cl)c2)nc2ccccc12. The first-order valence-electron chi connectivity index (χ1n) is 7.67. The second-order valence-corrected chi connectivity index (χ2v) is 6.42. The number of fused-ring (bicyclic) bond motifs is 1. The maximum absolute atomic E-state index is 12.4. The van der Waals surface area contributed by atoms with Crippen LogP contribution >= 0.6 is 23.2 Å². The van der Waals surface area contributed by atoms with E-state index in [-0.39, 0.29) is 5.56 Å². The molecule has 3 nitrogen and oxygen atoms in total. The standard InChI is InChI=1S/C20H12Cl2N2O/c21-16-10-9-12(11-17(16)22)13-5-1-2-6-14(13)19-23-18-8-4-3-7-15(18)20(25)24-19/h1-11H,(H,23,24,25). The van der Waals surface area contributed by atoms with Gasteiger partial charge in [-0.3, -0.25) is 4.79 Å². The lowest BCUT2D eigenvalue weighted by atomic mass is 9.99. The lowest BCUT2D eigenvalue weighted by molar-refractivity contribution is 1.18.